The van der Waals surface area contributed by atoms with Gasteiger partial charge in [-0.25, -0.2) is 14.7 Å². The first kappa shape index (κ1) is 27.9. The average molecular weight is 574 g/mol. The van der Waals surface area contributed by atoms with Gasteiger partial charge in [0, 0.05) is 31.2 Å². The van der Waals surface area contributed by atoms with Crippen LogP contribution in [0.1, 0.15) is 41.6 Å². The van der Waals surface area contributed by atoms with E-state index in [-0.39, 0.29) is 18.5 Å². The maximum atomic E-state index is 12.9. The zero-order chi connectivity index (χ0) is 29.1. The number of amides is 3. The van der Waals surface area contributed by atoms with Gasteiger partial charge in [0.2, 0.25) is 0 Å². The SMILES string of the molecule is Cc1c(NC(=O)NC2(CO)CCCC2)cccc1N1C=C(Nc2ccc(C(=O)N3CCOCC3)cn2)C2=NC=C[NH+]2C1. The van der Waals surface area contributed by atoms with E-state index in [0.717, 1.165) is 53.4 Å². The van der Waals surface area contributed by atoms with E-state index in [1.165, 1.54) is 0 Å². The Morgan fingerprint density at radius 2 is 1.95 bits per heavy atom. The molecule has 1 saturated carbocycles. The quantitative estimate of drug-likeness (QED) is 0.341. The van der Waals surface area contributed by atoms with Crippen LogP contribution in [0.15, 0.2) is 65.8 Å². The number of aliphatic hydroxyl groups excluding tert-OH is 1. The predicted octanol–water partition coefficient (Wildman–Crippen LogP) is 1.79. The van der Waals surface area contributed by atoms with Gasteiger partial charge in [0.05, 0.1) is 42.8 Å². The number of fused-ring (bicyclic) bond motifs is 1. The number of aliphatic imine (C=N–C) groups is 1. The first-order valence-corrected chi connectivity index (χ1v) is 14.4. The van der Waals surface area contributed by atoms with E-state index in [4.69, 9.17) is 4.74 Å². The second kappa shape index (κ2) is 11.9. The molecular formula is C30H37N8O4+. The van der Waals surface area contributed by atoms with Crippen LogP contribution in [-0.2, 0) is 4.74 Å². The number of carbonyl (C=O) groups is 2. The van der Waals surface area contributed by atoms with Crippen LogP contribution >= 0.6 is 0 Å². The van der Waals surface area contributed by atoms with E-state index in [2.05, 4.69) is 30.8 Å². The van der Waals surface area contributed by atoms with E-state index < -0.39 is 5.54 Å². The van der Waals surface area contributed by atoms with Gasteiger partial charge in [-0.1, -0.05) is 18.9 Å². The number of aromatic nitrogens is 1. The molecule has 6 rings (SSSR count). The molecule has 3 amide bonds. The van der Waals surface area contributed by atoms with Gasteiger partial charge in [-0.3, -0.25) is 9.69 Å². The Hall–Kier alpha value is -4.26. The third kappa shape index (κ3) is 5.73. The molecule has 1 saturated heterocycles. The molecule has 2 aromatic rings. The van der Waals surface area contributed by atoms with Gasteiger partial charge in [0.25, 0.3) is 11.7 Å². The van der Waals surface area contributed by atoms with Crippen molar-refractivity contribution < 1.29 is 24.3 Å². The van der Waals surface area contributed by atoms with Crippen molar-refractivity contribution in [1.29, 1.82) is 0 Å². The highest BCUT2D eigenvalue weighted by molar-refractivity contribution is 5.98. The molecule has 1 aromatic carbocycles. The van der Waals surface area contributed by atoms with E-state index >= 15 is 0 Å². The van der Waals surface area contributed by atoms with Crippen LogP contribution in [0.2, 0.25) is 0 Å². The summed E-state index contributed by atoms with van der Waals surface area (Å²) in [5, 5.41) is 19.3. The summed E-state index contributed by atoms with van der Waals surface area (Å²) in [6.07, 6.45) is 10.9. The second-order valence-corrected chi connectivity index (χ2v) is 11.1. The average Bonchev–Trinajstić information content (AvgIpc) is 3.69. The van der Waals surface area contributed by atoms with Gasteiger partial charge in [-0.05, 0) is 49.6 Å². The van der Waals surface area contributed by atoms with E-state index in [0.29, 0.717) is 50.0 Å². The normalized spacial score (nSPS) is 21.0. The fraction of sp³-hybridized carbons (Fsp3) is 0.400. The summed E-state index contributed by atoms with van der Waals surface area (Å²) >= 11 is 0. The van der Waals surface area contributed by atoms with Gasteiger partial charge in [0.1, 0.15) is 17.7 Å². The second-order valence-electron chi connectivity index (χ2n) is 11.1. The lowest BCUT2D eigenvalue weighted by atomic mass is 9.99. The van der Waals surface area contributed by atoms with Gasteiger partial charge in [-0.15, -0.1) is 0 Å². The van der Waals surface area contributed by atoms with Crippen LogP contribution in [-0.4, -0.2) is 77.9 Å². The Labute approximate surface area is 244 Å². The van der Waals surface area contributed by atoms with Crippen LogP contribution in [0.25, 0.3) is 0 Å². The molecule has 0 bridgehead atoms. The topological polar surface area (TPSA) is 136 Å². The Morgan fingerprint density at radius 1 is 1.14 bits per heavy atom. The molecule has 42 heavy (non-hydrogen) atoms. The Balaban J connectivity index is 1.19. The van der Waals surface area contributed by atoms with E-state index in [9.17, 15) is 14.7 Å². The summed E-state index contributed by atoms with van der Waals surface area (Å²) in [6.45, 7) is 4.79. The minimum absolute atomic E-state index is 0.0483. The highest BCUT2D eigenvalue weighted by Crippen LogP contribution is 2.31. The van der Waals surface area contributed by atoms with Crippen LogP contribution in [0.5, 0.6) is 0 Å². The number of morpholine rings is 1. The predicted molar refractivity (Wildman–Crippen MR) is 159 cm³/mol. The molecule has 3 aliphatic heterocycles. The lowest BCUT2D eigenvalue weighted by Gasteiger charge is -2.31. The number of benzene rings is 1. The third-order valence-corrected chi connectivity index (χ3v) is 8.34. The van der Waals surface area contributed by atoms with Gasteiger partial charge in [0.15, 0.2) is 6.67 Å². The van der Waals surface area contributed by atoms with Crippen molar-refractivity contribution in [2.75, 3.05) is 55.1 Å². The zero-order valence-electron chi connectivity index (χ0n) is 23.7. The first-order valence-electron chi connectivity index (χ1n) is 14.4. The summed E-state index contributed by atoms with van der Waals surface area (Å²) in [4.78, 5) is 39.8. The number of carbonyl (C=O) groups excluding carboxylic acids is 2. The van der Waals surface area contributed by atoms with Gasteiger partial charge >= 0.3 is 6.03 Å². The molecule has 4 aliphatic rings. The van der Waals surface area contributed by atoms with Crippen molar-refractivity contribution in [2.24, 2.45) is 4.99 Å². The van der Waals surface area contributed by atoms with Gasteiger partial charge < -0.3 is 30.7 Å². The number of hydrogen-bond donors (Lipinski definition) is 5. The molecule has 1 unspecified atom stereocenters. The van der Waals surface area contributed by atoms with Crippen LogP contribution in [0.4, 0.5) is 22.0 Å². The molecule has 12 heteroatoms. The molecule has 4 heterocycles. The number of quaternary nitrogens is 1. The number of anilines is 3. The molecular weight excluding hydrogens is 536 g/mol. The largest absolute Gasteiger partial charge is 0.394 e. The van der Waals surface area contributed by atoms with Crippen molar-refractivity contribution in [3.8, 4) is 0 Å². The molecule has 1 aromatic heterocycles. The van der Waals surface area contributed by atoms with Crippen molar-refractivity contribution in [2.45, 2.75) is 38.1 Å². The minimum atomic E-state index is -0.547. The number of ether oxygens (including phenoxy) is 1. The van der Waals surface area contributed by atoms with Crippen molar-refractivity contribution >= 4 is 35.0 Å². The van der Waals surface area contributed by atoms with Crippen molar-refractivity contribution in [3.63, 3.8) is 0 Å². The first-order chi connectivity index (χ1) is 20.4. The highest BCUT2D eigenvalue weighted by Gasteiger charge is 2.35. The molecule has 220 valence electrons. The lowest BCUT2D eigenvalue weighted by Crippen LogP contribution is -3.12. The molecule has 1 atom stereocenters. The summed E-state index contributed by atoms with van der Waals surface area (Å²) in [5.74, 6) is 1.40. The van der Waals surface area contributed by atoms with E-state index in [1.54, 1.807) is 29.4 Å². The summed E-state index contributed by atoms with van der Waals surface area (Å²) in [6, 6.07) is 9.08. The fourth-order valence-electron chi connectivity index (χ4n) is 5.95. The lowest BCUT2D eigenvalue weighted by molar-refractivity contribution is -0.743. The molecule has 1 aliphatic carbocycles. The van der Waals surface area contributed by atoms with E-state index in [1.807, 2.05) is 37.5 Å². The van der Waals surface area contributed by atoms with Crippen LogP contribution in [0, 0.1) is 6.92 Å². The van der Waals surface area contributed by atoms with Crippen molar-refractivity contribution in [1.82, 2.24) is 15.2 Å². The molecule has 0 radical (unpaired) electrons. The number of nitrogens with one attached hydrogen (secondary N) is 4. The van der Waals surface area contributed by atoms with Crippen LogP contribution < -0.4 is 25.8 Å². The molecule has 12 nitrogen and oxygen atoms in total. The number of hydrogen-bond acceptors (Lipinski definition) is 8. The summed E-state index contributed by atoms with van der Waals surface area (Å²) in [7, 11) is 0. The third-order valence-electron chi connectivity index (χ3n) is 8.34. The number of urea groups is 1. The maximum Gasteiger partial charge on any atom is 0.319 e. The Kier molecular flexibility index (Phi) is 7.92. The molecule has 5 N–H and O–H groups in total. The van der Waals surface area contributed by atoms with Crippen LogP contribution in [0.3, 0.4) is 0 Å². The number of pyridine rings is 1. The summed E-state index contributed by atoms with van der Waals surface area (Å²) in [5.41, 5.74) is 3.33. The number of rotatable bonds is 7. The van der Waals surface area contributed by atoms with Crippen molar-refractivity contribution in [3.05, 3.63) is 72.0 Å². The minimum Gasteiger partial charge on any atom is -0.394 e. The molecule has 0 spiro atoms. The number of aliphatic hydroxyl groups is 1. The fourth-order valence-corrected chi connectivity index (χ4v) is 5.95. The number of nitrogens with zero attached hydrogens (tertiary/aromatic N) is 4. The monoisotopic (exact) mass is 573 g/mol. The Bertz CT molecular complexity index is 1430. The molecule has 2 fully saturated rings. The Morgan fingerprint density at radius 3 is 2.69 bits per heavy atom. The summed E-state index contributed by atoms with van der Waals surface area (Å²) < 4.78 is 5.35. The van der Waals surface area contributed by atoms with Gasteiger partial charge in [-0.2, -0.15) is 4.99 Å². The standard InChI is InChI=1S/C30H36N8O4/c1-21-23(34-29(41)35-30(19-39)9-2-3-10-30)5-4-6-25(21)38-18-24(27-31-11-12-37(27)20-38)33-26-8-7-22(17-32-26)28(40)36-13-15-42-16-14-36/h4-8,11-12,17-18,39H,2-3,9-10,13-16,19-20H2,1H3,(H,32,33)(H2,34,35,41)/p+1. The smallest absolute Gasteiger partial charge is 0.319 e. The highest BCUT2D eigenvalue weighted by atomic mass is 16.5. The zero-order valence-corrected chi connectivity index (χ0v) is 23.7. The maximum absolute atomic E-state index is 12.9. The number of amidine groups is 1.